The normalized spacial score (nSPS) is 17.0. The predicted octanol–water partition coefficient (Wildman–Crippen LogP) is 0.134. The molecule has 2 fully saturated rings. The summed E-state index contributed by atoms with van der Waals surface area (Å²) in [5.41, 5.74) is 24.2. The lowest BCUT2D eigenvalue weighted by Crippen LogP contribution is -2.56. The van der Waals surface area contributed by atoms with Crippen LogP contribution in [0.25, 0.3) is 0 Å². The number of rotatable bonds is 24. The van der Waals surface area contributed by atoms with E-state index in [-0.39, 0.29) is 42.6 Å². The summed E-state index contributed by atoms with van der Waals surface area (Å²) in [6.07, 6.45) is 7.08. The molecule has 3 aliphatic heterocycles. The van der Waals surface area contributed by atoms with E-state index < -0.39 is 35.8 Å². The van der Waals surface area contributed by atoms with E-state index in [0.29, 0.717) is 67.4 Å². The van der Waals surface area contributed by atoms with Crippen LogP contribution in [-0.2, 0) is 24.0 Å². The Morgan fingerprint density at radius 3 is 1.96 bits per heavy atom. The summed E-state index contributed by atoms with van der Waals surface area (Å²) in [6, 6.07) is 12.1. The molecule has 3 heterocycles. The maximum atomic E-state index is 13.9. The Hall–Kier alpha value is -6.16. The molecule has 68 heavy (non-hydrogen) atoms. The monoisotopic (exact) mass is 944 g/mol. The lowest BCUT2D eigenvalue weighted by molar-refractivity contribution is -0.134. The Morgan fingerprint density at radius 2 is 1.31 bits per heavy atom. The van der Waals surface area contributed by atoms with Gasteiger partial charge in [-0.25, -0.2) is 0 Å². The summed E-state index contributed by atoms with van der Waals surface area (Å²) >= 11 is 0. The Labute approximate surface area is 399 Å². The van der Waals surface area contributed by atoms with Gasteiger partial charge in [-0.1, -0.05) is 37.1 Å². The van der Waals surface area contributed by atoms with Crippen molar-refractivity contribution in [1.82, 2.24) is 36.0 Å². The molecule has 21 nitrogen and oxygen atoms in total. The molecule has 5 rings (SSSR count). The number of anilines is 3. The second kappa shape index (κ2) is 27.0. The third kappa shape index (κ3) is 16.9. The number of unbranched alkanes of at least 4 members (excludes halogenated alkanes) is 1. The first-order chi connectivity index (χ1) is 32.7. The summed E-state index contributed by atoms with van der Waals surface area (Å²) in [7, 11) is 0. The SMILES string of the molecule is CC(=O)NC(=O)[C@H](CCCN=C(N)N)NC(=O)[C@H](C)NC(=O)[C@H](CCCN=C(N)N)NCCN1CCN(CCCCC2CCN(CC(=O)N3c4ccccc4NC(=O)c4ccccc43)CC2)CC1. The van der Waals surface area contributed by atoms with E-state index in [1.54, 1.807) is 11.0 Å². The number of piperidine rings is 1. The molecule has 3 aliphatic rings. The number of nitrogens with one attached hydrogen (secondary N) is 5. The summed E-state index contributed by atoms with van der Waals surface area (Å²) in [5, 5.41) is 13.9. The van der Waals surface area contributed by atoms with Crippen molar-refractivity contribution >= 4 is 64.4 Å². The number of hydrogen-bond acceptors (Lipinski definition) is 12. The molecule has 0 aliphatic carbocycles. The third-order valence-electron chi connectivity index (χ3n) is 12.6. The molecule has 0 radical (unpaired) electrons. The number of fused-ring (bicyclic) bond motifs is 2. The minimum atomic E-state index is -1.04. The predicted molar refractivity (Wildman–Crippen MR) is 264 cm³/mol. The van der Waals surface area contributed by atoms with Crippen LogP contribution in [0.2, 0.25) is 0 Å². The van der Waals surface area contributed by atoms with Crippen LogP contribution >= 0.6 is 0 Å². The highest BCUT2D eigenvalue weighted by atomic mass is 16.2. The lowest BCUT2D eigenvalue weighted by Gasteiger charge is -2.35. The van der Waals surface area contributed by atoms with Gasteiger partial charge in [-0.3, -0.25) is 58.8 Å². The zero-order valence-electron chi connectivity index (χ0n) is 39.7. The highest BCUT2D eigenvalue weighted by Gasteiger charge is 2.32. The van der Waals surface area contributed by atoms with Gasteiger partial charge in [-0.05, 0) is 102 Å². The Balaban J connectivity index is 0.990. The van der Waals surface area contributed by atoms with Gasteiger partial charge in [-0.15, -0.1) is 0 Å². The van der Waals surface area contributed by atoms with Gasteiger partial charge in [0.1, 0.15) is 12.1 Å². The van der Waals surface area contributed by atoms with E-state index in [2.05, 4.69) is 51.3 Å². The number of hydrogen-bond donors (Lipinski definition) is 9. The van der Waals surface area contributed by atoms with Crippen molar-refractivity contribution in [3.63, 3.8) is 0 Å². The number of likely N-dealkylation sites (tertiary alicyclic amines) is 1. The van der Waals surface area contributed by atoms with Crippen LogP contribution in [0.1, 0.15) is 82.0 Å². The number of amides is 6. The molecule has 2 aromatic carbocycles. The number of carbonyl (C=O) groups is 6. The van der Waals surface area contributed by atoms with Gasteiger partial charge in [0.05, 0.1) is 35.2 Å². The van der Waals surface area contributed by atoms with E-state index in [0.717, 1.165) is 71.6 Å². The van der Waals surface area contributed by atoms with Crippen molar-refractivity contribution in [2.24, 2.45) is 38.8 Å². The van der Waals surface area contributed by atoms with Crippen molar-refractivity contribution < 1.29 is 28.8 Å². The number of piperazine rings is 1. The zero-order chi connectivity index (χ0) is 49.0. The molecule has 2 saturated heterocycles. The molecular formula is C47H73N15O6. The average Bonchev–Trinajstić information content (AvgIpc) is 3.43. The Morgan fingerprint density at radius 1 is 0.706 bits per heavy atom. The van der Waals surface area contributed by atoms with Gasteiger partial charge >= 0.3 is 0 Å². The van der Waals surface area contributed by atoms with Crippen LogP contribution in [0.3, 0.4) is 0 Å². The molecular weight excluding hydrogens is 871 g/mol. The van der Waals surface area contributed by atoms with E-state index >= 15 is 0 Å². The average molecular weight is 944 g/mol. The first-order valence-electron chi connectivity index (χ1n) is 23.9. The maximum absolute atomic E-state index is 13.9. The van der Waals surface area contributed by atoms with Crippen LogP contribution in [-0.4, -0.2) is 159 Å². The summed E-state index contributed by atoms with van der Waals surface area (Å²) in [6.45, 7) is 11.5. The summed E-state index contributed by atoms with van der Waals surface area (Å²) in [4.78, 5) is 94.6. The van der Waals surface area contributed by atoms with Gasteiger partial charge in [0.15, 0.2) is 11.9 Å². The van der Waals surface area contributed by atoms with Gasteiger partial charge in [0.25, 0.3) is 5.91 Å². The largest absolute Gasteiger partial charge is 0.370 e. The second-order valence-corrected chi connectivity index (χ2v) is 17.9. The number of benzene rings is 2. The fraction of sp³-hybridized carbons (Fsp3) is 0.574. The summed E-state index contributed by atoms with van der Waals surface area (Å²) in [5.74, 6) is -1.96. The topological polar surface area (TPSA) is 304 Å². The molecule has 2 aromatic rings. The minimum absolute atomic E-state index is 0.0322. The molecule has 21 heteroatoms. The number of nitrogens with two attached hydrogens (primary N) is 4. The fourth-order valence-electron chi connectivity index (χ4n) is 8.86. The van der Waals surface area contributed by atoms with Crippen LogP contribution in [0.5, 0.6) is 0 Å². The van der Waals surface area contributed by atoms with Crippen LogP contribution < -0.4 is 54.4 Å². The van der Waals surface area contributed by atoms with Gasteiger partial charge in [-0.2, -0.15) is 0 Å². The molecule has 0 spiro atoms. The Kier molecular flexibility index (Phi) is 21.0. The van der Waals surface area contributed by atoms with Crippen LogP contribution in [0.4, 0.5) is 17.1 Å². The van der Waals surface area contributed by atoms with Crippen LogP contribution in [0, 0.1) is 5.92 Å². The minimum Gasteiger partial charge on any atom is -0.370 e. The zero-order valence-corrected chi connectivity index (χ0v) is 39.7. The van der Waals surface area contributed by atoms with E-state index in [1.807, 2.05) is 42.5 Å². The fourth-order valence-corrected chi connectivity index (χ4v) is 8.86. The first kappa shape index (κ1) is 52.8. The number of imide groups is 1. The highest BCUT2D eigenvalue weighted by Crippen LogP contribution is 2.38. The first-order valence-corrected chi connectivity index (χ1v) is 23.9. The molecule has 0 unspecified atom stereocenters. The number of carbonyl (C=O) groups excluding carboxylic acids is 6. The molecule has 0 saturated carbocycles. The van der Waals surface area contributed by atoms with Crippen molar-refractivity contribution in [3.05, 3.63) is 54.1 Å². The van der Waals surface area contributed by atoms with E-state index in [4.69, 9.17) is 22.9 Å². The highest BCUT2D eigenvalue weighted by molar-refractivity contribution is 6.18. The number of aliphatic imine (C=N–C) groups is 2. The van der Waals surface area contributed by atoms with Crippen molar-refractivity contribution in [1.29, 1.82) is 0 Å². The lowest BCUT2D eigenvalue weighted by atomic mass is 9.91. The van der Waals surface area contributed by atoms with Gasteiger partial charge in [0, 0.05) is 59.3 Å². The molecule has 13 N–H and O–H groups in total. The molecule has 6 amide bonds. The third-order valence-corrected chi connectivity index (χ3v) is 12.6. The standard InChI is InChI=1S/C47H73N15O6/c1-32(42(65)58-38(45(68)56-33(2)63)15-10-21-54-47(50)51)55-44(67)37(14-9-20-53-46(48)49)52-22-26-60-29-27-59(28-30-60)23-8-7-11-34-18-24-61(25-19-34)31-41(64)62-39-16-5-3-12-35(39)43(66)57-36-13-4-6-17-40(36)62/h3-6,12-13,16-17,32,34,37-38,52H,7-11,14-15,18-31H2,1-2H3,(H,55,67)(H,57,66)(H,58,65)(H4,48,49,53)(H4,50,51,54)(H,56,63,68)/t32-,37-,38-/m0/s1. The number of nitrogens with zero attached hydrogens (tertiary/aromatic N) is 6. The van der Waals surface area contributed by atoms with Gasteiger partial charge < -0.3 is 49.1 Å². The van der Waals surface area contributed by atoms with E-state index in [1.165, 1.54) is 26.7 Å². The van der Waals surface area contributed by atoms with Crippen molar-refractivity contribution in [2.45, 2.75) is 89.8 Å². The number of guanidine groups is 2. The molecule has 3 atom stereocenters. The summed E-state index contributed by atoms with van der Waals surface area (Å²) < 4.78 is 0. The number of para-hydroxylation sites is 3. The van der Waals surface area contributed by atoms with Gasteiger partial charge in [0.2, 0.25) is 29.5 Å². The van der Waals surface area contributed by atoms with Crippen molar-refractivity contribution in [2.75, 3.05) is 88.8 Å². The molecule has 372 valence electrons. The van der Waals surface area contributed by atoms with Crippen molar-refractivity contribution in [3.8, 4) is 0 Å². The molecule has 0 aromatic heterocycles. The Bertz CT molecular complexity index is 2080. The maximum Gasteiger partial charge on any atom is 0.257 e. The smallest absolute Gasteiger partial charge is 0.257 e. The second-order valence-electron chi connectivity index (χ2n) is 17.9. The quantitative estimate of drug-likeness (QED) is 0.0384. The van der Waals surface area contributed by atoms with Crippen LogP contribution in [0.15, 0.2) is 58.5 Å². The molecule has 0 bridgehead atoms. The van der Waals surface area contributed by atoms with E-state index in [9.17, 15) is 28.8 Å².